The fourth-order valence-corrected chi connectivity index (χ4v) is 5.40. The Balaban J connectivity index is 1.42. The molecule has 0 radical (unpaired) electrons. The minimum atomic E-state index is -4.72. The Kier molecular flexibility index (Phi) is 6.10. The third-order valence-electron chi connectivity index (χ3n) is 4.70. The van der Waals surface area contributed by atoms with Crippen molar-refractivity contribution in [3.63, 3.8) is 0 Å². The van der Waals surface area contributed by atoms with E-state index in [0.717, 1.165) is 0 Å². The largest absolute Gasteiger partial charge is 0.489 e. The zero-order valence-corrected chi connectivity index (χ0v) is 18.3. The highest BCUT2D eigenvalue weighted by Gasteiger charge is 2.38. The van der Waals surface area contributed by atoms with Crippen LogP contribution in [0.4, 0.5) is 13.2 Å². The molecule has 0 spiro atoms. The van der Waals surface area contributed by atoms with Gasteiger partial charge in [0.2, 0.25) is 15.8 Å². The molecule has 2 heterocycles. The summed E-state index contributed by atoms with van der Waals surface area (Å²) in [6.45, 7) is 0.357. The van der Waals surface area contributed by atoms with E-state index in [1.807, 2.05) is 0 Å². The highest BCUT2D eigenvalue weighted by Crippen LogP contribution is 2.32. The molecule has 0 unspecified atom stereocenters. The molecule has 1 saturated heterocycles. The maximum Gasteiger partial charge on any atom is 0.471 e. The second-order valence-electron chi connectivity index (χ2n) is 6.91. The number of aromatic nitrogens is 2. The topological polar surface area (TPSA) is 85.5 Å². The molecule has 0 bridgehead atoms. The van der Waals surface area contributed by atoms with Crippen molar-refractivity contribution in [1.29, 1.82) is 0 Å². The van der Waals surface area contributed by atoms with E-state index in [9.17, 15) is 21.6 Å². The smallest absolute Gasteiger partial charge is 0.471 e. The summed E-state index contributed by atoms with van der Waals surface area (Å²) in [5, 5.41) is 3.69. The van der Waals surface area contributed by atoms with Crippen LogP contribution in [0.2, 0.25) is 10.0 Å². The van der Waals surface area contributed by atoms with Gasteiger partial charge in [-0.2, -0.15) is 22.5 Å². The second kappa shape index (κ2) is 8.54. The summed E-state index contributed by atoms with van der Waals surface area (Å²) in [6, 6.07) is 10.2. The van der Waals surface area contributed by atoms with Gasteiger partial charge in [0.1, 0.15) is 16.7 Å². The summed E-state index contributed by atoms with van der Waals surface area (Å²) in [5.74, 6) is -1.22. The lowest BCUT2D eigenvalue weighted by atomic mass is 10.2. The molecule has 1 aromatic heterocycles. The minimum absolute atomic E-state index is 0.0348. The lowest BCUT2D eigenvalue weighted by Crippen LogP contribution is -2.31. The number of benzene rings is 2. The first-order valence-corrected chi connectivity index (χ1v) is 11.4. The molecule has 32 heavy (non-hydrogen) atoms. The highest BCUT2D eigenvalue weighted by atomic mass is 35.5. The van der Waals surface area contributed by atoms with E-state index in [0.29, 0.717) is 22.8 Å². The Morgan fingerprint density at radius 2 is 1.84 bits per heavy atom. The molecule has 3 aromatic rings. The number of hydrogen-bond acceptors (Lipinski definition) is 6. The van der Waals surface area contributed by atoms with Gasteiger partial charge in [0.25, 0.3) is 0 Å². The van der Waals surface area contributed by atoms with E-state index in [-0.39, 0.29) is 28.8 Å². The van der Waals surface area contributed by atoms with Crippen LogP contribution in [-0.2, 0) is 16.2 Å². The van der Waals surface area contributed by atoms with E-state index in [1.165, 1.54) is 46.8 Å². The number of ether oxygens (including phenoxy) is 1. The number of hydrogen-bond donors (Lipinski definition) is 0. The third kappa shape index (κ3) is 4.70. The molecule has 1 aliphatic heterocycles. The number of alkyl halides is 3. The molecular weight excluding hydrogens is 494 g/mol. The van der Waals surface area contributed by atoms with Gasteiger partial charge >= 0.3 is 12.1 Å². The number of rotatable bonds is 5. The van der Waals surface area contributed by atoms with Crippen LogP contribution in [0.25, 0.3) is 11.4 Å². The number of nitrogens with zero attached hydrogens (tertiary/aromatic N) is 3. The summed E-state index contributed by atoms with van der Waals surface area (Å²) in [5.41, 5.74) is 0.310. The van der Waals surface area contributed by atoms with Gasteiger partial charge in [0.05, 0.1) is 11.6 Å². The van der Waals surface area contributed by atoms with Crippen LogP contribution in [0, 0.1) is 0 Å². The first-order valence-electron chi connectivity index (χ1n) is 9.17. The van der Waals surface area contributed by atoms with E-state index >= 15 is 0 Å². The zero-order valence-electron chi connectivity index (χ0n) is 16.0. The molecule has 170 valence electrons. The van der Waals surface area contributed by atoms with Crippen LogP contribution in [0.1, 0.15) is 12.3 Å². The molecule has 1 aliphatic rings. The van der Waals surface area contributed by atoms with Crippen molar-refractivity contribution in [2.75, 3.05) is 13.1 Å². The summed E-state index contributed by atoms with van der Waals surface area (Å²) < 4.78 is 74.9. The standard InChI is InChI=1S/C19H14Cl2F3N3O4S/c20-12-3-6-16(15(21)9-12)32(28,29)27-8-7-14(10-27)30-13-4-1-11(2-5-13)17-25-18(31-26-17)19(22,23)24/h1-6,9,14H,7-8,10H2/t14-/m0/s1. The Bertz CT molecular complexity index is 1230. The van der Waals surface area contributed by atoms with E-state index in [1.54, 1.807) is 0 Å². The molecular formula is C19H14Cl2F3N3O4S. The molecule has 4 rings (SSSR count). The van der Waals surface area contributed by atoms with Gasteiger partial charge in [0, 0.05) is 17.1 Å². The Morgan fingerprint density at radius 3 is 2.47 bits per heavy atom. The van der Waals surface area contributed by atoms with E-state index in [2.05, 4.69) is 14.7 Å². The van der Waals surface area contributed by atoms with E-state index < -0.39 is 28.2 Å². The highest BCUT2D eigenvalue weighted by molar-refractivity contribution is 7.89. The van der Waals surface area contributed by atoms with Gasteiger partial charge in [-0.15, -0.1) is 0 Å². The molecule has 7 nitrogen and oxygen atoms in total. The van der Waals surface area contributed by atoms with Gasteiger partial charge < -0.3 is 9.26 Å². The van der Waals surface area contributed by atoms with Crippen molar-refractivity contribution in [1.82, 2.24) is 14.4 Å². The summed E-state index contributed by atoms with van der Waals surface area (Å²) in [7, 11) is -3.82. The first-order chi connectivity index (χ1) is 15.0. The third-order valence-corrected chi connectivity index (χ3v) is 7.29. The maximum absolute atomic E-state index is 12.9. The molecule has 0 aliphatic carbocycles. The number of halogens is 5. The second-order valence-corrected chi connectivity index (χ2v) is 9.66. The average Bonchev–Trinajstić information content (AvgIpc) is 3.38. The monoisotopic (exact) mass is 507 g/mol. The summed E-state index contributed by atoms with van der Waals surface area (Å²) >= 11 is 11.9. The van der Waals surface area contributed by atoms with E-state index in [4.69, 9.17) is 27.9 Å². The molecule has 2 aromatic carbocycles. The predicted octanol–water partition coefficient (Wildman–Crippen LogP) is 4.90. The fraction of sp³-hybridized carbons (Fsp3) is 0.263. The predicted molar refractivity (Wildman–Crippen MR) is 109 cm³/mol. The van der Waals surface area contributed by atoms with Crippen molar-refractivity contribution < 1.29 is 30.8 Å². The normalized spacial score (nSPS) is 17.6. The average molecular weight is 508 g/mol. The quantitative estimate of drug-likeness (QED) is 0.487. The molecule has 1 atom stereocenters. The fourth-order valence-electron chi connectivity index (χ4n) is 3.17. The van der Waals surface area contributed by atoms with Gasteiger partial charge in [-0.25, -0.2) is 8.42 Å². The van der Waals surface area contributed by atoms with Crippen molar-refractivity contribution in [3.05, 3.63) is 58.4 Å². The van der Waals surface area contributed by atoms with Gasteiger partial charge in [-0.1, -0.05) is 28.4 Å². The van der Waals surface area contributed by atoms with Gasteiger partial charge in [-0.05, 0) is 48.9 Å². The molecule has 13 heteroatoms. The Morgan fingerprint density at radius 1 is 1.12 bits per heavy atom. The molecule has 0 saturated carbocycles. The molecule has 0 amide bonds. The van der Waals surface area contributed by atoms with Crippen LogP contribution >= 0.6 is 23.2 Å². The lowest BCUT2D eigenvalue weighted by Gasteiger charge is -2.18. The summed E-state index contributed by atoms with van der Waals surface area (Å²) in [4.78, 5) is 3.29. The maximum atomic E-state index is 12.9. The number of sulfonamides is 1. The Labute approximate surface area is 190 Å². The SMILES string of the molecule is O=S(=O)(c1ccc(Cl)cc1Cl)N1CC[C@H](Oc2ccc(-c3noc(C(F)(F)F)n3)cc2)C1. The van der Waals surface area contributed by atoms with Crippen LogP contribution < -0.4 is 4.74 Å². The van der Waals surface area contributed by atoms with Gasteiger partial charge in [-0.3, -0.25) is 0 Å². The van der Waals surface area contributed by atoms with Crippen LogP contribution in [-0.4, -0.2) is 42.1 Å². The van der Waals surface area contributed by atoms with Crippen molar-refractivity contribution >= 4 is 33.2 Å². The van der Waals surface area contributed by atoms with Crippen molar-refractivity contribution in [2.24, 2.45) is 0 Å². The minimum Gasteiger partial charge on any atom is -0.489 e. The molecule has 1 fully saturated rings. The van der Waals surface area contributed by atoms with Crippen molar-refractivity contribution in [2.45, 2.75) is 23.6 Å². The summed E-state index contributed by atoms with van der Waals surface area (Å²) in [6.07, 6.45) is -4.69. The Hall–Kier alpha value is -2.34. The first kappa shape index (κ1) is 22.8. The molecule has 0 N–H and O–H groups in total. The van der Waals surface area contributed by atoms with Crippen molar-refractivity contribution in [3.8, 4) is 17.1 Å². The van der Waals surface area contributed by atoms with Gasteiger partial charge in [0.15, 0.2) is 0 Å². The van der Waals surface area contributed by atoms with Crippen LogP contribution in [0.15, 0.2) is 51.9 Å². The van der Waals surface area contributed by atoms with Crippen LogP contribution in [0.3, 0.4) is 0 Å². The van der Waals surface area contributed by atoms with Crippen LogP contribution in [0.5, 0.6) is 5.75 Å². The lowest BCUT2D eigenvalue weighted by molar-refractivity contribution is -0.159. The zero-order chi connectivity index (χ0) is 23.1.